The van der Waals surface area contributed by atoms with Crippen LogP contribution < -0.4 is 0 Å². The maximum absolute atomic E-state index is 12.2. The van der Waals surface area contributed by atoms with Crippen molar-refractivity contribution in [2.75, 3.05) is 0 Å². The Bertz CT molecular complexity index is 501. The maximum atomic E-state index is 12.2. The van der Waals surface area contributed by atoms with E-state index in [-0.39, 0.29) is 69.0 Å². The zero-order valence-corrected chi connectivity index (χ0v) is 18.9. The van der Waals surface area contributed by atoms with Crippen LogP contribution in [0.4, 0.5) is 0 Å². The van der Waals surface area contributed by atoms with Crippen LogP contribution in [0.25, 0.3) is 0 Å². The number of hydrogen-bond donors (Lipinski definition) is 0. The van der Waals surface area contributed by atoms with Gasteiger partial charge in [-0.05, 0) is 0 Å². The van der Waals surface area contributed by atoms with Crippen molar-refractivity contribution < 1.29 is 44.7 Å². The fourth-order valence-electron chi connectivity index (χ4n) is 2.57. The molecule has 0 heterocycles. The van der Waals surface area contributed by atoms with Gasteiger partial charge in [0, 0.05) is 0 Å². The van der Waals surface area contributed by atoms with Crippen LogP contribution in [0.3, 0.4) is 0 Å². The minimum absolute atomic E-state index is 0.0713. The van der Waals surface area contributed by atoms with Crippen molar-refractivity contribution in [3.8, 4) is 0 Å². The first-order valence-corrected chi connectivity index (χ1v) is 13.3. The van der Waals surface area contributed by atoms with Crippen molar-refractivity contribution in [3.05, 3.63) is 0 Å². The SMILES string of the molecule is CCCC(=O)CC(=O)[CH2][Rh]([CH2]C(=O)CC(=O)CCC)[CH2]C(=O)CC(=O)CCC. The van der Waals surface area contributed by atoms with Crippen LogP contribution in [0, 0.1) is 0 Å². The molecule has 162 valence electrons. The first kappa shape index (κ1) is 26.6. The summed E-state index contributed by atoms with van der Waals surface area (Å²) in [5.74, 6) is -1.13. The van der Waals surface area contributed by atoms with Crippen LogP contribution >= 0.6 is 0 Å². The Kier molecular flexibility index (Phi) is 14.8. The molecule has 0 spiro atoms. The number of rotatable bonds is 18. The quantitative estimate of drug-likeness (QED) is 0.216. The number of hydrogen-bond acceptors (Lipinski definition) is 6. The Morgan fingerprint density at radius 3 is 0.929 bits per heavy atom. The van der Waals surface area contributed by atoms with Gasteiger partial charge in [0.2, 0.25) is 0 Å². The summed E-state index contributed by atoms with van der Waals surface area (Å²) in [6.07, 6.45) is 2.53. The molecule has 0 fully saturated rings. The van der Waals surface area contributed by atoms with E-state index in [0.29, 0.717) is 38.5 Å². The average Bonchev–Trinajstić information content (AvgIpc) is 2.54. The van der Waals surface area contributed by atoms with Crippen molar-refractivity contribution in [2.45, 2.75) is 93.6 Å². The molecular formula is C21H33O6Rh. The molecule has 0 amide bonds. The van der Waals surface area contributed by atoms with E-state index >= 15 is 0 Å². The Morgan fingerprint density at radius 2 is 0.714 bits per heavy atom. The number of ketones is 6. The Balaban J connectivity index is 4.89. The van der Waals surface area contributed by atoms with E-state index < -0.39 is 16.0 Å². The summed E-state index contributed by atoms with van der Waals surface area (Å²) in [4.78, 5) is 71.7. The summed E-state index contributed by atoms with van der Waals surface area (Å²) in [5.41, 5.74) is 0. The fourth-order valence-corrected chi connectivity index (χ4v) is 6.54. The molecule has 0 aliphatic rings. The monoisotopic (exact) mass is 484 g/mol. The van der Waals surface area contributed by atoms with Gasteiger partial charge in [0.25, 0.3) is 0 Å². The van der Waals surface area contributed by atoms with E-state index in [1.165, 1.54) is 0 Å². The second-order valence-electron chi connectivity index (χ2n) is 6.87. The van der Waals surface area contributed by atoms with Gasteiger partial charge in [-0.3, -0.25) is 0 Å². The van der Waals surface area contributed by atoms with E-state index in [4.69, 9.17) is 0 Å². The topological polar surface area (TPSA) is 102 Å². The minimum atomic E-state index is -2.05. The summed E-state index contributed by atoms with van der Waals surface area (Å²) in [6, 6.07) is 0. The molecule has 7 heteroatoms. The average molecular weight is 484 g/mol. The van der Waals surface area contributed by atoms with E-state index in [1.807, 2.05) is 20.8 Å². The van der Waals surface area contributed by atoms with E-state index in [0.717, 1.165) is 0 Å². The van der Waals surface area contributed by atoms with Crippen molar-refractivity contribution in [1.82, 2.24) is 0 Å². The van der Waals surface area contributed by atoms with Gasteiger partial charge in [-0.25, -0.2) is 0 Å². The predicted molar refractivity (Wildman–Crippen MR) is 103 cm³/mol. The van der Waals surface area contributed by atoms with Gasteiger partial charge < -0.3 is 0 Å². The Hall–Kier alpha value is -1.36. The normalized spacial score (nSPS) is 11.0. The van der Waals surface area contributed by atoms with Crippen molar-refractivity contribution in [3.63, 3.8) is 0 Å². The Morgan fingerprint density at radius 1 is 0.464 bits per heavy atom. The van der Waals surface area contributed by atoms with E-state index in [9.17, 15) is 28.8 Å². The van der Waals surface area contributed by atoms with Gasteiger partial charge in [-0.1, -0.05) is 0 Å². The molecular weight excluding hydrogens is 451 g/mol. The zero-order valence-electron chi connectivity index (χ0n) is 17.3. The van der Waals surface area contributed by atoms with Crippen LogP contribution in [0.2, 0.25) is 15.0 Å². The van der Waals surface area contributed by atoms with Gasteiger partial charge in [0.1, 0.15) is 0 Å². The van der Waals surface area contributed by atoms with Crippen molar-refractivity contribution >= 4 is 34.7 Å². The van der Waals surface area contributed by atoms with Gasteiger partial charge in [0.05, 0.1) is 0 Å². The summed E-state index contributed by atoms with van der Waals surface area (Å²) in [6.45, 7) is 5.58. The molecule has 0 aromatic rings. The van der Waals surface area contributed by atoms with Gasteiger partial charge in [-0.15, -0.1) is 0 Å². The first-order chi connectivity index (χ1) is 13.2. The third-order valence-electron chi connectivity index (χ3n) is 3.66. The molecule has 0 radical (unpaired) electrons. The number of carbonyl (C=O) groups excluding carboxylic acids is 6. The molecule has 0 bridgehead atoms. The summed E-state index contributed by atoms with van der Waals surface area (Å²) in [7, 11) is 0. The molecule has 0 saturated carbocycles. The summed E-state index contributed by atoms with van der Waals surface area (Å²) < 4.78 is 0. The Labute approximate surface area is 173 Å². The second kappa shape index (κ2) is 15.6. The molecule has 0 aliphatic carbocycles. The number of carbonyl (C=O) groups is 6. The zero-order chi connectivity index (χ0) is 21.5. The van der Waals surface area contributed by atoms with Gasteiger partial charge in [0.15, 0.2) is 0 Å². The molecule has 0 atom stereocenters. The molecule has 28 heavy (non-hydrogen) atoms. The molecule has 0 unspecified atom stereocenters. The van der Waals surface area contributed by atoms with Crippen LogP contribution in [0.5, 0.6) is 0 Å². The first-order valence-electron chi connectivity index (χ1n) is 9.80. The molecule has 0 rings (SSSR count). The molecule has 6 nitrogen and oxygen atoms in total. The van der Waals surface area contributed by atoms with Crippen molar-refractivity contribution in [2.24, 2.45) is 0 Å². The van der Waals surface area contributed by atoms with Crippen LogP contribution in [0.15, 0.2) is 0 Å². The van der Waals surface area contributed by atoms with Crippen LogP contribution in [-0.4, -0.2) is 34.7 Å². The third kappa shape index (κ3) is 13.8. The molecule has 0 saturated heterocycles. The third-order valence-corrected chi connectivity index (χ3v) is 8.06. The number of Topliss-reactive ketones (excluding diaryl/α,β-unsaturated/α-hetero) is 6. The standard InChI is InChI=1S/3C7H11O2.Rh/c3*1-3-4-7(9)5-6(2)8;/h3*2-5H2,1H3;. The van der Waals surface area contributed by atoms with Crippen molar-refractivity contribution in [1.29, 1.82) is 0 Å². The predicted octanol–water partition coefficient (Wildman–Crippen LogP) is 3.84. The molecule has 0 aromatic heterocycles. The molecule has 0 aromatic carbocycles. The fraction of sp³-hybridized carbons (Fsp3) is 0.714. The van der Waals surface area contributed by atoms with Crippen LogP contribution in [0.1, 0.15) is 78.6 Å². The van der Waals surface area contributed by atoms with Gasteiger partial charge in [-0.2, -0.15) is 0 Å². The van der Waals surface area contributed by atoms with E-state index in [2.05, 4.69) is 0 Å². The van der Waals surface area contributed by atoms with Crippen LogP contribution in [-0.2, 0) is 44.7 Å². The summed E-state index contributed by atoms with van der Waals surface area (Å²) in [5, 5.41) is 0.214. The second-order valence-corrected chi connectivity index (χ2v) is 11.1. The van der Waals surface area contributed by atoms with Gasteiger partial charge >= 0.3 is 173 Å². The van der Waals surface area contributed by atoms with E-state index in [1.54, 1.807) is 0 Å². The summed E-state index contributed by atoms with van der Waals surface area (Å²) >= 11 is -2.05. The molecule has 0 aliphatic heterocycles. The molecule has 0 N–H and O–H groups in total.